The standard InChI is InChI=1S/C29H25N2O/c1-17-12-13-22-23-14-15-24(30-5)27(21-10-8-7-9-11-21)29(23)32-28(22)26(17)25-16-18(2)19(3)20(4)31(25)6/h7-16H,1-4,6H3/q+1/i3D3,16D. The summed E-state index contributed by atoms with van der Waals surface area (Å²) < 4.78 is 41.4. The molecule has 0 spiro atoms. The smallest absolute Gasteiger partial charge is 0.216 e. The normalized spacial score (nSPS) is 13.5. The van der Waals surface area contributed by atoms with Crippen LogP contribution < -0.4 is 4.57 Å². The van der Waals surface area contributed by atoms with Gasteiger partial charge in [0.1, 0.15) is 18.2 Å². The lowest BCUT2D eigenvalue weighted by molar-refractivity contribution is -0.667. The first kappa shape index (κ1) is 15.8. The van der Waals surface area contributed by atoms with Gasteiger partial charge in [-0.3, -0.25) is 0 Å². The Bertz CT molecular complexity index is 1700. The van der Waals surface area contributed by atoms with Gasteiger partial charge >= 0.3 is 0 Å². The van der Waals surface area contributed by atoms with Gasteiger partial charge in [0.25, 0.3) is 0 Å². The number of nitrogens with zero attached hydrogens (tertiary/aromatic N) is 2. The van der Waals surface area contributed by atoms with Gasteiger partial charge in [-0.05, 0) is 37.4 Å². The Labute approximate surface area is 194 Å². The van der Waals surface area contributed by atoms with Crippen LogP contribution in [-0.2, 0) is 7.05 Å². The van der Waals surface area contributed by atoms with Crippen molar-refractivity contribution in [2.75, 3.05) is 0 Å². The molecule has 2 aromatic heterocycles. The first-order chi connectivity index (χ1) is 17.1. The molecule has 0 fully saturated rings. The van der Waals surface area contributed by atoms with Crippen LogP contribution in [0, 0.1) is 34.2 Å². The lowest BCUT2D eigenvalue weighted by atomic mass is 9.97. The molecule has 0 unspecified atom stereocenters. The Morgan fingerprint density at radius 1 is 0.906 bits per heavy atom. The van der Waals surface area contributed by atoms with E-state index in [0.29, 0.717) is 33.8 Å². The van der Waals surface area contributed by atoms with Gasteiger partial charge in [0.15, 0.2) is 11.4 Å². The van der Waals surface area contributed by atoms with E-state index < -0.39 is 6.85 Å². The second-order valence-electron chi connectivity index (χ2n) is 8.17. The summed E-state index contributed by atoms with van der Waals surface area (Å²) in [5, 5.41) is 1.77. The van der Waals surface area contributed by atoms with Crippen molar-refractivity contribution >= 4 is 27.6 Å². The van der Waals surface area contributed by atoms with Crippen molar-refractivity contribution in [3.63, 3.8) is 0 Å². The zero-order valence-electron chi connectivity index (χ0n) is 22.5. The van der Waals surface area contributed by atoms with Crippen molar-refractivity contribution in [2.45, 2.75) is 27.6 Å². The minimum Gasteiger partial charge on any atom is -0.456 e. The van der Waals surface area contributed by atoms with Crippen LogP contribution in [-0.4, -0.2) is 0 Å². The number of hydrogen-bond donors (Lipinski definition) is 0. The van der Waals surface area contributed by atoms with Gasteiger partial charge in [0.2, 0.25) is 5.69 Å². The first-order valence-corrected chi connectivity index (χ1v) is 10.5. The van der Waals surface area contributed by atoms with E-state index >= 15 is 0 Å². The third-order valence-corrected chi connectivity index (χ3v) is 6.30. The third kappa shape index (κ3) is 2.84. The minimum absolute atomic E-state index is 0.162. The van der Waals surface area contributed by atoms with Crippen LogP contribution in [0.3, 0.4) is 0 Å². The highest BCUT2D eigenvalue weighted by Crippen LogP contribution is 2.44. The summed E-state index contributed by atoms with van der Waals surface area (Å²) in [4.78, 5) is 3.75. The Balaban J connectivity index is 1.93. The molecule has 0 saturated carbocycles. The van der Waals surface area contributed by atoms with Gasteiger partial charge in [-0.2, -0.15) is 4.57 Å². The fourth-order valence-electron chi connectivity index (χ4n) is 4.42. The van der Waals surface area contributed by atoms with Gasteiger partial charge in [0.05, 0.1) is 13.5 Å². The molecular formula is C29H25N2O+. The summed E-state index contributed by atoms with van der Waals surface area (Å²) in [5.74, 6) is 0. The van der Waals surface area contributed by atoms with Crippen LogP contribution in [0.5, 0.6) is 0 Å². The summed E-state index contributed by atoms with van der Waals surface area (Å²) >= 11 is 0. The lowest BCUT2D eigenvalue weighted by Crippen LogP contribution is -2.36. The molecule has 0 radical (unpaired) electrons. The number of furan rings is 1. The number of aromatic nitrogens is 1. The molecular weight excluding hydrogens is 392 g/mol. The molecule has 0 aliphatic rings. The SMILES string of the molecule is [2H]c1c(C)c(C([2H])([2H])[2H])c(C)[n+](C)c1-c1c(C)ccc2c1oc1c(-c3ccccc3)c([N+]#[C-])ccc12. The van der Waals surface area contributed by atoms with Gasteiger partial charge in [-0.1, -0.05) is 54.6 Å². The van der Waals surface area contributed by atoms with Crippen molar-refractivity contribution in [3.05, 3.63) is 94.4 Å². The Kier molecular flexibility index (Phi) is 3.64. The largest absolute Gasteiger partial charge is 0.456 e. The van der Waals surface area contributed by atoms with Crippen molar-refractivity contribution in [1.29, 1.82) is 0 Å². The van der Waals surface area contributed by atoms with Crippen LogP contribution in [0.25, 0.3) is 49.2 Å². The van der Waals surface area contributed by atoms with Crippen molar-refractivity contribution < 1.29 is 14.5 Å². The van der Waals surface area contributed by atoms with Crippen LogP contribution in [0.1, 0.15) is 27.9 Å². The Morgan fingerprint density at radius 3 is 2.28 bits per heavy atom. The van der Waals surface area contributed by atoms with Crippen molar-refractivity contribution in [2.24, 2.45) is 7.05 Å². The molecule has 0 aliphatic carbocycles. The predicted octanol–water partition coefficient (Wildman–Crippen LogP) is 7.53. The maximum atomic E-state index is 8.99. The zero-order chi connectivity index (χ0) is 25.9. The molecule has 0 amide bonds. The average molecular weight is 422 g/mol. The monoisotopic (exact) mass is 421 g/mol. The summed E-state index contributed by atoms with van der Waals surface area (Å²) in [6.07, 6.45) is 0. The fraction of sp³-hybridized carbons (Fsp3) is 0.172. The molecule has 5 rings (SSSR count). The molecule has 0 N–H and O–H groups in total. The van der Waals surface area contributed by atoms with Crippen LogP contribution in [0.2, 0.25) is 0 Å². The van der Waals surface area contributed by atoms with E-state index in [1.54, 1.807) is 25.5 Å². The maximum Gasteiger partial charge on any atom is 0.216 e. The van der Waals surface area contributed by atoms with E-state index in [1.807, 2.05) is 61.5 Å². The van der Waals surface area contributed by atoms with Crippen LogP contribution >= 0.6 is 0 Å². The highest BCUT2D eigenvalue weighted by Gasteiger charge is 2.25. The topological polar surface area (TPSA) is 21.4 Å². The van der Waals surface area contributed by atoms with Gasteiger partial charge in [-0.25, -0.2) is 4.85 Å². The van der Waals surface area contributed by atoms with E-state index in [4.69, 9.17) is 16.5 Å². The molecule has 5 aromatic rings. The summed E-state index contributed by atoms with van der Waals surface area (Å²) in [5.41, 5.74) is 6.89. The predicted molar refractivity (Wildman–Crippen MR) is 131 cm³/mol. The van der Waals surface area contributed by atoms with E-state index in [-0.39, 0.29) is 11.6 Å². The van der Waals surface area contributed by atoms with Crippen LogP contribution in [0.15, 0.2) is 65.1 Å². The lowest BCUT2D eigenvalue weighted by Gasteiger charge is -2.10. The highest BCUT2D eigenvalue weighted by atomic mass is 16.3. The number of fused-ring (bicyclic) bond motifs is 3. The zero-order valence-corrected chi connectivity index (χ0v) is 18.5. The van der Waals surface area contributed by atoms with E-state index in [1.165, 1.54) is 0 Å². The molecule has 3 nitrogen and oxygen atoms in total. The minimum atomic E-state index is -2.32. The van der Waals surface area contributed by atoms with E-state index in [2.05, 4.69) is 4.85 Å². The van der Waals surface area contributed by atoms with Gasteiger partial charge in [0, 0.05) is 39.0 Å². The highest BCUT2D eigenvalue weighted by molar-refractivity contribution is 6.15. The molecule has 32 heavy (non-hydrogen) atoms. The van der Waals surface area contributed by atoms with Gasteiger partial charge in [-0.15, -0.1) is 0 Å². The van der Waals surface area contributed by atoms with E-state index in [9.17, 15) is 0 Å². The Morgan fingerprint density at radius 2 is 1.59 bits per heavy atom. The molecule has 0 aliphatic heterocycles. The molecule has 2 heterocycles. The van der Waals surface area contributed by atoms with E-state index in [0.717, 1.165) is 33.0 Å². The van der Waals surface area contributed by atoms with Crippen LogP contribution in [0.4, 0.5) is 5.69 Å². The molecule has 0 bridgehead atoms. The van der Waals surface area contributed by atoms with Gasteiger partial charge < -0.3 is 4.42 Å². The second kappa shape index (κ2) is 7.35. The number of benzene rings is 3. The molecule has 156 valence electrons. The van der Waals surface area contributed by atoms with Crippen molar-refractivity contribution in [3.8, 4) is 22.4 Å². The molecule has 3 heteroatoms. The average Bonchev–Trinajstić information content (AvgIpc) is 3.22. The fourth-order valence-corrected chi connectivity index (χ4v) is 4.42. The van der Waals surface area contributed by atoms with Crippen molar-refractivity contribution in [1.82, 2.24) is 0 Å². The Hall–Kier alpha value is -3.90. The maximum absolute atomic E-state index is 8.99. The number of aryl methyl sites for hydroxylation is 1. The molecule has 0 saturated heterocycles. The summed E-state index contributed by atoms with van der Waals surface area (Å²) in [6, 6.07) is 17.6. The quantitative estimate of drug-likeness (QED) is 0.213. The third-order valence-electron chi connectivity index (χ3n) is 6.30. The summed E-state index contributed by atoms with van der Waals surface area (Å²) in [7, 11) is 1.80. The molecule has 0 atom stereocenters. The number of rotatable bonds is 2. The second-order valence-corrected chi connectivity index (χ2v) is 8.17. The molecule has 3 aromatic carbocycles. The summed E-state index contributed by atoms with van der Waals surface area (Å²) in [6.45, 7) is 10.9. The number of pyridine rings is 1. The number of hydrogen-bond acceptors (Lipinski definition) is 1. The first-order valence-electron chi connectivity index (χ1n) is 12.5.